The fourth-order valence-corrected chi connectivity index (χ4v) is 4.38. The molecule has 6 rings (SSSR count). The Hall–Kier alpha value is -2.93. The average molecular weight is 368 g/mol. The van der Waals surface area contributed by atoms with Gasteiger partial charge in [0.25, 0.3) is 0 Å². The number of carbonyl (C=O) groups excluding carboxylic acids is 1. The van der Waals surface area contributed by atoms with Gasteiger partial charge < -0.3 is 28.4 Å². The monoisotopic (exact) mass is 368 g/mol. The lowest BCUT2D eigenvalue weighted by molar-refractivity contribution is -0.148. The number of esters is 1. The number of carbonyl (C=O) groups is 1. The summed E-state index contributed by atoms with van der Waals surface area (Å²) in [4.78, 5) is 12.7. The first kappa shape index (κ1) is 15.2. The van der Waals surface area contributed by atoms with Crippen LogP contribution in [-0.2, 0) is 14.3 Å². The summed E-state index contributed by atoms with van der Waals surface area (Å²) in [5.41, 5.74) is 1.73. The first-order valence-electron chi connectivity index (χ1n) is 8.90. The molecule has 0 aliphatic carbocycles. The molecule has 7 nitrogen and oxygen atoms in total. The molecule has 0 saturated carbocycles. The third-order valence-corrected chi connectivity index (χ3v) is 5.62. The van der Waals surface area contributed by atoms with Crippen LogP contribution in [0.5, 0.6) is 23.0 Å². The van der Waals surface area contributed by atoms with E-state index in [2.05, 4.69) is 0 Å². The molecule has 2 aromatic rings. The zero-order valence-corrected chi connectivity index (χ0v) is 14.3. The number of rotatable bonds is 2. The van der Waals surface area contributed by atoms with Gasteiger partial charge in [-0.05, 0) is 23.8 Å². The summed E-state index contributed by atoms with van der Waals surface area (Å²) in [6.07, 6.45) is -0.769. The molecule has 0 bridgehead atoms. The summed E-state index contributed by atoms with van der Waals surface area (Å²) in [6, 6.07) is 11.3. The normalized spacial score (nSPS) is 29.7. The first-order valence-corrected chi connectivity index (χ1v) is 8.90. The largest absolute Gasteiger partial charge is 0.457 e. The Morgan fingerprint density at radius 3 is 2.67 bits per heavy atom. The van der Waals surface area contributed by atoms with E-state index in [-0.39, 0.29) is 37.5 Å². The third kappa shape index (κ3) is 2.15. The van der Waals surface area contributed by atoms with Crippen molar-refractivity contribution >= 4 is 5.97 Å². The van der Waals surface area contributed by atoms with Gasteiger partial charge in [-0.15, -0.1) is 0 Å². The molecule has 0 spiro atoms. The van der Waals surface area contributed by atoms with Crippen molar-refractivity contribution in [1.82, 2.24) is 0 Å². The van der Waals surface area contributed by atoms with Crippen molar-refractivity contribution in [1.29, 1.82) is 0 Å². The smallest absolute Gasteiger partial charge is 0.313 e. The predicted octanol–water partition coefficient (Wildman–Crippen LogP) is 2.75. The molecule has 4 heterocycles. The van der Waals surface area contributed by atoms with Crippen LogP contribution in [0.3, 0.4) is 0 Å². The van der Waals surface area contributed by atoms with Gasteiger partial charge in [0.2, 0.25) is 13.6 Å². The molecular weight excluding hydrogens is 352 g/mol. The van der Waals surface area contributed by atoms with E-state index in [1.807, 2.05) is 36.4 Å². The molecule has 138 valence electrons. The molecule has 4 atom stereocenters. The maximum absolute atomic E-state index is 12.7. The number of benzene rings is 2. The number of hydrogen-bond acceptors (Lipinski definition) is 7. The summed E-state index contributed by atoms with van der Waals surface area (Å²) in [5.74, 6) is 2.02. The van der Waals surface area contributed by atoms with Crippen molar-refractivity contribution in [3.05, 3.63) is 47.5 Å². The minimum Gasteiger partial charge on any atom is -0.457 e. The molecule has 4 aliphatic rings. The lowest BCUT2D eigenvalue weighted by Crippen LogP contribution is -2.17. The molecule has 27 heavy (non-hydrogen) atoms. The Labute approximate surface area is 154 Å². The second-order valence-corrected chi connectivity index (χ2v) is 6.99. The highest BCUT2D eigenvalue weighted by Crippen LogP contribution is 2.54. The SMILES string of the molecule is O=C1OC(c2cccc3c2OCO3)C2COC(c3ccc4c(c3)OCO4)C12. The highest BCUT2D eigenvalue weighted by molar-refractivity contribution is 5.77. The molecular formula is C20H16O7. The van der Waals surface area contributed by atoms with Gasteiger partial charge in [-0.3, -0.25) is 4.79 Å². The summed E-state index contributed by atoms with van der Waals surface area (Å²) in [6.45, 7) is 0.823. The molecule has 0 aromatic heterocycles. The van der Waals surface area contributed by atoms with E-state index < -0.39 is 6.10 Å². The highest BCUT2D eigenvalue weighted by Gasteiger charge is 2.55. The van der Waals surface area contributed by atoms with E-state index in [9.17, 15) is 4.79 Å². The van der Waals surface area contributed by atoms with Gasteiger partial charge in [-0.2, -0.15) is 0 Å². The van der Waals surface area contributed by atoms with E-state index in [4.69, 9.17) is 28.4 Å². The molecule has 2 saturated heterocycles. The van der Waals surface area contributed by atoms with Crippen molar-refractivity contribution in [2.75, 3.05) is 20.2 Å². The van der Waals surface area contributed by atoms with E-state index >= 15 is 0 Å². The average Bonchev–Trinajstić information content (AvgIpc) is 3.45. The van der Waals surface area contributed by atoms with Gasteiger partial charge in [0, 0.05) is 11.5 Å². The summed E-state index contributed by atoms with van der Waals surface area (Å²) in [5, 5.41) is 0. The second-order valence-electron chi connectivity index (χ2n) is 6.99. The Kier molecular flexibility index (Phi) is 3.11. The van der Waals surface area contributed by atoms with Crippen molar-refractivity contribution in [2.45, 2.75) is 12.2 Å². The number of para-hydroxylation sites is 1. The lowest BCUT2D eigenvalue weighted by Gasteiger charge is -2.16. The quantitative estimate of drug-likeness (QED) is 0.755. The maximum atomic E-state index is 12.7. The summed E-state index contributed by atoms with van der Waals surface area (Å²) >= 11 is 0. The minimum atomic E-state index is -0.404. The fraction of sp³-hybridized carbons (Fsp3) is 0.350. The van der Waals surface area contributed by atoms with Crippen LogP contribution in [0.1, 0.15) is 23.3 Å². The molecule has 2 fully saturated rings. The van der Waals surface area contributed by atoms with Crippen LogP contribution in [0.25, 0.3) is 0 Å². The Morgan fingerprint density at radius 2 is 1.70 bits per heavy atom. The number of fused-ring (bicyclic) bond motifs is 3. The van der Waals surface area contributed by atoms with Crippen LogP contribution < -0.4 is 18.9 Å². The van der Waals surface area contributed by atoms with Crippen LogP contribution in [0.4, 0.5) is 0 Å². The summed E-state index contributed by atoms with van der Waals surface area (Å²) < 4.78 is 33.7. The number of ether oxygens (including phenoxy) is 6. The molecule has 4 unspecified atom stereocenters. The maximum Gasteiger partial charge on any atom is 0.313 e. The molecule has 0 radical (unpaired) electrons. The third-order valence-electron chi connectivity index (χ3n) is 5.62. The molecule has 7 heteroatoms. The van der Waals surface area contributed by atoms with Crippen molar-refractivity contribution in [2.24, 2.45) is 11.8 Å². The number of hydrogen-bond donors (Lipinski definition) is 0. The molecule has 2 aromatic carbocycles. The van der Waals surface area contributed by atoms with Crippen molar-refractivity contribution < 1.29 is 33.2 Å². The van der Waals surface area contributed by atoms with Gasteiger partial charge in [-0.1, -0.05) is 18.2 Å². The summed E-state index contributed by atoms with van der Waals surface area (Å²) in [7, 11) is 0. The Balaban J connectivity index is 1.34. The predicted molar refractivity (Wildman–Crippen MR) is 89.6 cm³/mol. The van der Waals surface area contributed by atoms with Crippen LogP contribution >= 0.6 is 0 Å². The second kappa shape index (κ2) is 5.53. The Bertz CT molecular complexity index is 940. The Morgan fingerprint density at radius 1 is 0.852 bits per heavy atom. The highest BCUT2D eigenvalue weighted by atomic mass is 16.7. The van der Waals surface area contributed by atoms with Gasteiger partial charge in [0.1, 0.15) is 6.10 Å². The van der Waals surface area contributed by atoms with Crippen molar-refractivity contribution in [3.8, 4) is 23.0 Å². The minimum absolute atomic E-state index is 0.0800. The van der Waals surface area contributed by atoms with Crippen LogP contribution in [-0.4, -0.2) is 26.2 Å². The fourth-order valence-electron chi connectivity index (χ4n) is 4.38. The van der Waals surface area contributed by atoms with Gasteiger partial charge in [-0.25, -0.2) is 0 Å². The van der Waals surface area contributed by atoms with Gasteiger partial charge in [0.15, 0.2) is 23.0 Å². The van der Waals surface area contributed by atoms with Crippen LogP contribution in [0.2, 0.25) is 0 Å². The zero-order valence-electron chi connectivity index (χ0n) is 14.3. The van der Waals surface area contributed by atoms with E-state index in [1.54, 1.807) is 0 Å². The topological polar surface area (TPSA) is 72.5 Å². The van der Waals surface area contributed by atoms with Crippen LogP contribution in [0.15, 0.2) is 36.4 Å². The zero-order chi connectivity index (χ0) is 18.0. The van der Waals surface area contributed by atoms with E-state index in [1.165, 1.54) is 0 Å². The standard InChI is InChI=1S/C20H16O7/c21-20-16-12(18(27-20)11-2-1-3-14-19(11)26-9-24-14)7-22-17(16)10-4-5-13-15(6-10)25-8-23-13/h1-6,12,16-18H,7-9H2. The number of cyclic esters (lactones) is 1. The molecule has 0 amide bonds. The lowest BCUT2D eigenvalue weighted by atomic mass is 9.84. The van der Waals surface area contributed by atoms with Crippen molar-refractivity contribution in [3.63, 3.8) is 0 Å². The van der Waals surface area contributed by atoms with Gasteiger partial charge >= 0.3 is 5.97 Å². The van der Waals surface area contributed by atoms with Crippen LogP contribution in [0, 0.1) is 11.8 Å². The molecule has 0 N–H and O–H groups in total. The van der Waals surface area contributed by atoms with Gasteiger partial charge in [0.05, 0.1) is 18.6 Å². The molecule has 4 aliphatic heterocycles. The van der Waals surface area contributed by atoms with E-state index in [0.717, 1.165) is 11.1 Å². The first-order chi connectivity index (χ1) is 13.3. The van der Waals surface area contributed by atoms with E-state index in [0.29, 0.717) is 29.6 Å².